The molecule has 0 unspecified atom stereocenters. The Labute approximate surface area is 109 Å². The van der Waals surface area contributed by atoms with Gasteiger partial charge in [0.15, 0.2) is 0 Å². The molecular weight excluding hydrogens is 290 g/mol. The first-order valence-corrected chi connectivity index (χ1v) is 7.44. The standard InChI is InChI=1S/C9H17F4N3O2S/c10-8(11)9(12,13)7-15-19(17,18)6-5-16-3-1-14-2-4-16/h8,14-15H,1-7H2. The Morgan fingerprint density at radius 3 is 2.37 bits per heavy atom. The number of alkyl halides is 4. The van der Waals surface area contributed by atoms with Gasteiger partial charge in [0.05, 0.1) is 12.3 Å². The molecule has 1 rings (SSSR count). The van der Waals surface area contributed by atoms with Gasteiger partial charge in [-0.1, -0.05) is 0 Å². The molecule has 19 heavy (non-hydrogen) atoms. The lowest BCUT2D eigenvalue weighted by Gasteiger charge is -2.27. The minimum Gasteiger partial charge on any atom is -0.314 e. The molecule has 0 aromatic carbocycles. The number of nitrogens with one attached hydrogen (secondary N) is 2. The van der Waals surface area contributed by atoms with Gasteiger partial charge in [0.25, 0.3) is 0 Å². The van der Waals surface area contributed by atoms with E-state index in [2.05, 4.69) is 5.32 Å². The van der Waals surface area contributed by atoms with Crippen molar-refractivity contribution < 1.29 is 26.0 Å². The van der Waals surface area contributed by atoms with Crippen molar-refractivity contribution in [3.05, 3.63) is 0 Å². The molecule has 0 spiro atoms. The highest BCUT2D eigenvalue weighted by Crippen LogP contribution is 2.21. The lowest BCUT2D eigenvalue weighted by Crippen LogP contribution is -2.47. The summed E-state index contributed by atoms with van der Waals surface area (Å²) < 4.78 is 73.2. The van der Waals surface area contributed by atoms with Crippen molar-refractivity contribution in [2.24, 2.45) is 0 Å². The van der Waals surface area contributed by atoms with Gasteiger partial charge in [-0.2, -0.15) is 8.78 Å². The largest absolute Gasteiger partial charge is 0.320 e. The van der Waals surface area contributed by atoms with E-state index in [9.17, 15) is 26.0 Å². The van der Waals surface area contributed by atoms with E-state index in [0.29, 0.717) is 13.1 Å². The van der Waals surface area contributed by atoms with Crippen LogP contribution in [0.1, 0.15) is 0 Å². The Morgan fingerprint density at radius 2 is 1.84 bits per heavy atom. The van der Waals surface area contributed by atoms with Crippen molar-refractivity contribution >= 4 is 10.0 Å². The van der Waals surface area contributed by atoms with Crippen LogP contribution in [0.2, 0.25) is 0 Å². The second-order valence-electron chi connectivity index (χ2n) is 4.29. The van der Waals surface area contributed by atoms with Crippen LogP contribution < -0.4 is 10.0 Å². The fourth-order valence-corrected chi connectivity index (χ4v) is 2.59. The summed E-state index contributed by atoms with van der Waals surface area (Å²) in [5, 5.41) is 3.08. The maximum Gasteiger partial charge on any atom is 0.320 e. The smallest absolute Gasteiger partial charge is 0.314 e. The van der Waals surface area contributed by atoms with Crippen LogP contribution in [0.15, 0.2) is 0 Å². The van der Waals surface area contributed by atoms with Crippen molar-refractivity contribution in [2.45, 2.75) is 12.3 Å². The van der Waals surface area contributed by atoms with Gasteiger partial charge >= 0.3 is 12.3 Å². The topological polar surface area (TPSA) is 61.4 Å². The molecule has 1 fully saturated rings. The van der Waals surface area contributed by atoms with Gasteiger partial charge in [0.1, 0.15) is 0 Å². The van der Waals surface area contributed by atoms with E-state index in [1.54, 1.807) is 0 Å². The molecular formula is C9H17F4N3O2S. The Hall–Kier alpha value is -0.450. The van der Waals surface area contributed by atoms with Crippen molar-refractivity contribution in [3.8, 4) is 0 Å². The summed E-state index contributed by atoms with van der Waals surface area (Å²) in [5.41, 5.74) is 0. The summed E-state index contributed by atoms with van der Waals surface area (Å²) >= 11 is 0. The van der Waals surface area contributed by atoms with E-state index >= 15 is 0 Å². The molecule has 2 N–H and O–H groups in total. The lowest BCUT2D eigenvalue weighted by molar-refractivity contribution is -0.122. The molecule has 0 bridgehead atoms. The predicted octanol–water partition coefficient (Wildman–Crippen LogP) is -0.289. The minimum absolute atomic E-state index is 0.192. The van der Waals surface area contributed by atoms with Gasteiger partial charge in [-0.15, -0.1) is 0 Å². The molecule has 1 aliphatic heterocycles. The van der Waals surface area contributed by atoms with E-state index in [-0.39, 0.29) is 12.3 Å². The first-order valence-electron chi connectivity index (χ1n) is 5.79. The first kappa shape index (κ1) is 16.6. The highest BCUT2D eigenvalue weighted by molar-refractivity contribution is 7.89. The number of piperazine rings is 1. The Bertz CT molecular complexity index is 372. The number of halogens is 4. The van der Waals surface area contributed by atoms with Gasteiger partial charge in [0.2, 0.25) is 10.0 Å². The monoisotopic (exact) mass is 307 g/mol. The summed E-state index contributed by atoms with van der Waals surface area (Å²) in [5.74, 6) is -4.73. The molecule has 0 radical (unpaired) electrons. The van der Waals surface area contributed by atoms with Gasteiger partial charge in [-0.05, 0) is 0 Å². The molecule has 1 aliphatic rings. The van der Waals surface area contributed by atoms with Crippen molar-refractivity contribution in [1.82, 2.24) is 14.9 Å². The van der Waals surface area contributed by atoms with E-state index < -0.39 is 28.9 Å². The van der Waals surface area contributed by atoms with E-state index in [1.165, 1.54) is 4.72 Å². The van der Waals surface area contributed by atoms with Crippen LogP contribution in [0.25, 0.3) is 0 Å². The second-order valence-corrected chi connectivity index (χ2v) is 6.22. The molecule has 10 heteroatoms. The summed E-state index contributed by atoms with van der Waals surface area (Å²) in [6.45, 7) is 1.42. The maximum absolute atomic E-state index is 12.6. The average molecular weight is 307 g/mol. The van der Waals surface area contributed by atoms with Crippen LogP contribution in [0.4, 0.5) is 17.6 Å². The zero-order chi connectivity index (χ0) is 14.5. The number of hydrogen-bond donors (Lipinski definition) is 2. The summed E-state index contributed by atoms with van der Waals surface area (Å²) in [7, 11) is -3.97. The molecule has 1 heterocycles. The molecule has 5 nitrogen and oxygen atoms in total. The van der Waals surface area contributed by atoms with Crippen molar-refractivity contribution in [1.29, 1.82) is 0 Å². The molecule has 0 amide bonds. The van der Waals surface area contributed by atoms with Crippen LogP contribution in [0.5, 0.6) is 0 Å². The first-order chi connectivity index (χ1) is 8.73. The van der Waals surface area contributed by atoms with Gasteiger partial charge < -0.3 is 5.32 Å². The molecule has 0 saturated carbocycles. The summed E-state index contributed by atoms with van der Waals surface area (Å²) in [6, 6.07) is 0. The number of rotatable bonds is 7. The predicted molar refractivity (Wildman–Crippen MR) is 62.1 cm³/mol. The number of hydrogen-bond acceptors (Lipinski definition) is 4. The van der Waals surface area contributed by atoms with Gasteiger partial charge in [0, 0.05) is 32.7 Å². The fraction of sp³-hybridized carbons (Fsp3) is 1.00. The average Bonchev–Trinajstić information content (AvgIpc) is 2.36. The normalized spacial score (nSPS) is 19.0. The minimum atomic E-state index is -4.35. The highest BCUT2D eigenvalue weighted by atomic mass is 32.2. The number of sulfonamides is 1. The van der Waals surface area contributed by atoms with E-state index in [4.69, 9.17) is 0 Å². The Balaban J connectivity index is 2.35. The fourth-order valence-electron chi connectivity index (χ4n) is 1.54. The third-order valence-electron chi connectivity index (χ3n) is 2.73. The number of nitrogens with zero attached hydrogens (tertiary/aromatic N) is 1. The molecule has 114 valence electrons. The maximum atomic E-state index is 12.6. The zero-order valence-corrected chi connectivity index (χ0v) is 11.0. The van der Waals surface area contributed by atoms with Gasteiger partial charge in [-0.3, -0.25) is 4.90 Å². The van der Waals surface area contributed by atoms with E-state index in [1.807, 2.05) is 4.90 Å². The van der Waals surface area contributed by atoms with Crippen LogP contribution in [-0.2, 0) is 10.0 Å². The van der Waals surface area contributed by atoms with Crippen LogP contribution in [-0.4, -0.2) is 70.7 Å². The van der Waals surface area contributed by atoms with E-state index in [0.717, 1.165) is 13.1 Å². The summed E-state index contributed by atoms with van der Waals surface area (Å²) in [4.78, 5) is 1.86. The highest BCUT2D eigenvalue weighted by Gasteiger charge is 2.41. The molecule has 0 aliphatic carbocycles. The molecule has 0 aromatic heterocycles. The Morgan fingerprint density at radius 1 is 1.26 bits per heavy atom. The SMILES string of the molecule is O=S(=O)(CCN1CCNCC1)NCC(F)(F)C(F)F. The third-order valence-corrected chi connectivity index (χ3v) is 4.04. The zero-order valence-electron chi connectivity index (χ0n) is 10.2. The van der Waals surface area contributed by atoms with Crippen LogP contribution >= 0.6 is 0 Å². The van der Waals surface area contributed by atoms with Crippen molar-refractivity contribution in [2.75, 3.05) is 45.0 Å². The van der Waals surface area contributed by atoms with Gasteiger partial charge in [-0.25, -0.2) is 21.9 Å². The third kappa shape index (κ3) is 6.02. The molecule has 1 saturated heterocycles. The second kappa shape index (κ2) is 6.82. The molecule has 0 atom stereocenters. The quantitative estimate of drug-likeness (QED) is 0.635. The van der Waals surface area contributed by atoms with Crippen LogP contribution in [0.3, 0.4) is 0 Å². The van der Waals surface area contributed by atoms with Crippen molar-refractivity contribution in [3.63, 3.8) is 0 Å². The molecule has 0 aromatic rings. The lowest BCUT2D eigenvalue weighted by atomic mass is 10.4. The van der Waals surface area contributed by atoms with Crippen LogP contribution in [0, 0.1) is 0 Å². The Kier molecular flexibility index (Phi) is 5.96. The summed E-state index contributed by atoms with van der Waals surface area (Å²) in [6.07, 6.45) is -3.89.